The van der Waals surface area contributed by atoms with Gasteiger partial charge in [-0.2, -0.15) is 0 Å². The zero-order chi connectivity index (χ0) is 14.5. The number of piperidine rings is 1. The van der Waals surface area contributed by atoms with Crippen molar-refractivity contribution in [2.75, 3.05) is 36.8 Å². The zero-order valence-corrected chi connectivity index (χ0v) is 13.1. The molecule has 0 N–H and O–H groups in total. The van der Waals surface area contributed by atoms with Crippen LogP contribution in [0.5, 0.6) is 0 Å². The number of rotatable bonds is 4. The largest absolute Gasteiger partial charge is 0.356 e. The second kappa shape index (κ2) is 7.11. The Kier molecular flexibility index (Phi) is 4.95. The van der Waals surface area contributed by atoms with Gasteiger partial charge in [-0.1, -0.05) is 11.8 Å². The van der Waals surface area contributed by atoms with Gasteiger partial charge in [-0.05, 0) is 32.1 Å². The standard InChI is InChI=1S/C15H22N4OS/c20-15(19-8-4-5-9-19)11-21-14-10-13(16-12-17-14)18-6-2-1-3-7-18/h10,12H,1-9,11H2. The van der Waals surface area contributed by atoms with Gasteiger partial charge in [0.05, 0.1) is 5.75 Å². The molecule has 0 spiro atoms. The van der Waals surface area contributed by atoms with Crippen LogP contribution >= 0.6 is 11.8 Å². The van der Waals surface area contributed by atoms with E-state index in [1.807, 2.05) is 11.0 Å². The fourth-order valence-electron chi connectivity index (χ4n) is 2.90. The number of hydrogen-bond acceptors (Lipinski definition) is 5. The van der Waals surface area contributed by atoms with Gasteiger partial charge < -0.3 is 9.80 Å². The molecule has 5 nitrogen and oxygen atoms in total. The van der Waals surface area contributed by atoms with Gasteiger partial charge in [-0.3, -0.25) is 4.79 Å². The Bertz CT molecular complexity index is 484. The molecule has 0 atom stereocenters. The monoisotopic (exact) mass is 306 g/mol. The molecule has 2 saturated heterocycles. The number of nitrogens with zero attached hydrogens (tertiary/aromatic N) is 4. The Balaban J connectivity index is 1.56. The van der Waals surface area contributed by atoms with Crippen molar-refractivity contribution in [3.8, 4) is 0 Å². The van der Waals surface area contributed by atoms with Gasteiger partial charge in [0.15, 0.2) is 0 Å². The van der Waals surface area contributed by atoms with Crippen LogP contribution in [-0.2, 0) is 4.79 Å². The minimum Gasteiger partial charge on any atom is -0.356 e. The van der Waals surface area contributed by atoms with Gasteiger partial charge in [0.25, 0.3) is 0 Å². The van der Waals surface area contributed by atoms with Crippen molar-refractivity contribution in [1.29, 1.82) is 0 Å². The van der Waals surface area contributed by atoms with E-state index in [1.165, 1.54) is 31.0 Å². The lowest BCUT2D eigenvalue weighted by atomic mass is 10.1. The highest BCUT2D eigenvalue weighted by Gasteiger charge is 2.18. The van der Waals surface area contributed by atoms with Gasteiger partial charge in [0.2, 0.25) is 5.91 Å². The fourth-order valence-corrected chi connectivity index (χ4v) is 3.66. The molecule has 3 heterocycles. The maximum Gasteiger partial charge on any atom is 0.232 e. The predicted molar refractivity (Wildman–Crippen MR) is 84.6 cm³/mol. The fraction of sp³-hybridized carbons (Fsp3) is 0.667. The van der Waals surface area contributed by atoms with E-state index in [9.17, 15) is 4.79 Å². The number of carbonyl (C=O) groups is 1. The topological polar surface area (TPSA) is 49.3 Å². The summed E-state index contributed by atoms with van der Waals surface area (Å²) in [5.74, 6) is 1.72. The molecular weight excluding hydrogens is 284 g/mol. The first-order valence-electron chi connectivity index (χ1n) is 7.80. The van der Waals surface area contributed by atoms with Crippen LogP contribution in [0.15, 0.2) is 17.4 Å². The Morgan fingerprint density at radius 2 is 1.76 bits per heavy atom. The van der Waals surface area contributed by atoms with Gasteiger partial charge in [-0.15, -0.1) is 0 Å². The van der Waals surface area contributed by atoms with E-state index in [4.69, 9.17) is 0 Å². The van der Waals surface area contributed by atoms with Gasteiger partial charge in [-0.25, -0.2) is 9.97 Å². The van der Waals surface area contributed by atoms with Crippen LogP contribution < -0.4 is 4.90 Å². The van der Waals surface area contributed by atoms with Crippen LogP contribution in [0.2, 0.25) is 0 Å². The summed E-state index contributed by atoms with van der Waals surface area (Å²) in [7, 11) is 0. The summed E-state index contributed by atoms with van der Waals surface area (Å²) in [4.78, 5) is 25.0. The van der Waals surface area contributed by atoms with Crippen molar-refractivity contribution in [3.63, 3.8) is 0 Å². The molecule has 1 aromatic heterocycles. The Morgan fingerprint density at radius 1 is 1.05 bits per heavy atom. The van der Waals surface area contributed by atoms with Crippen LogP contribution in [0.4, 0.5) is 5.82 Å². The summed E-state index contributed by atoms with van der Waals surface area (Å²) in [5, 5.41) is 0.901. The molecule has 0 bridgehead atoms. The van der Waals surface area contributed by atoms with Crippen molar-refractivity contribution >= 4 is 23.5 Å². The molecule has 0 unspecified atom stereocenters. The Morgan fingerprint density at radius 3 is 2.52 bits per heavy atom. The summed E-state index contributed by atoms with van der Waals surface area (Å²) < 4.78 is 0. The Labute approximate surface area is 130 Å². The second-order valence-electron chi connectivity index (χ2n) is 5.64. The number of anilines is 1. The van der Waals surface area contributed by atoms with E-state index in [0.29, 0.717) is 5.75 Å². The molecule has 1 aromatic rings. The van der Waals surface area contributed by atoms with E-state index in [-0.39, 0.29) is 5.91 Å². The predicted octanol–water partition coefficient (Wildman–Crippen LogP) is 2.18. The highest BCUT2D eigenvalue weighted by atomic mass is 32.2. The average Bonchev–Trinajstić information content (AvgIpc) is 3.08. The van der Waals surface area contributed by atoms with Crippen molar-refractivity contribution in [2.45, 2.75) is 37.1 Å². The number of aromatic nitrogens is 2. The highest BCUT2D eigenvalue weighted by Crippen LogP contribution is 2.23. The quantitative estimate of drug-likeness (QED) is 0.630. The van der Waals surface area contributed by atoms with Crippen molar-refractivity contribution in [3.05, 3.63) is 12.4 Å². The smallest absolute Gasteiger partial charge is 0.232 e. The van der Waals surface area contributed by atoms with Gasteiger partial charge in [0, 0.05) is 32.2 Å². The first-order chi connectivity index (χ1) is 10.3. The summed E-state index contributed by atoms with van der Waals surface area (Å²) in [5.41, 5.74) is 0. The first kappa shape index (κ1) is 14.6. The summed E-state index contributed by atoms with van der Waals surface area (Å²) in [6.45, 7) is 3.99. The summed E-state index contributed by atoms with van der Waals surface area (Å²) >= 11 is 1.52. The summed E-state index contributed by atoms with van der Waals surface area (Å²) in [6, 6.07) is 2.02. The van der Waals surface area contributed by atoms with Crippen LogP contribution in [0.1, 0.15) is 32.1 Å². The van der Waals surface area contributed by atoms with Crippen molar-refractivity contribution in [2.24, 2.45) is 0 Å². The number of thioether (sulfide) groups is 1. The third-order valence-electron chi connectivity index (χ3n) is 4.11. The summed E-state index contributed by atoms with van der Waals surface area (Å²) in [6.07, 6.45) is 7.69. The van der Waals surface area contributed by atoms with Crippen LogP contribution in [-0.4, -0.2) is 52.7 Å². The SMILES string of the molecule is O=C(CSc1cc(N2CCCCC2)ncn1)N1CCCC1. The lowest BCUT2D eigenvalue weighted by Gasteiger charge is -2.27. The molecule has 1 amide bonds. The third kappa shape index (κ3) is 3.87. The molecule has 0 aliphatic carbocycles. The average molecular weight is 306 g/mol. The normalized spacial score (nSPS) is 19.0. The van der Waals surface area contributed by atoms with Gasteiger partial charge >= 0.3 is 0 Å². The molecule has 2 aliphatic rings. The van der Waals surface area contributed by atoms with Crippen LogP contribution in [0, 0.1) is 0 Å². The molecule has 2 fully saturated rings. The molecule has 0 radical (unpaired) electrons. The molecular formula is C15H22N4OS. The highest BCUT2D eigenvalue weighted by molar-refractivity contribution is 7.99. The number of likely N-dealkylation sites (tertiary alicyclic amines) is 1. The molecule has 0 saturated carbocycles. The zero-order valence-electron chi connectivity index (χ0n) is 12.3. The Hall–Kier alpha value is -1.30. The number of carbonyl (C=O) groups excluding carboxylic acids is 1. The van der Waals surface area contributed by atoms with Crippen molar-refractivity contribution < 1.29 is 4.79 Å². The van der Waals surface area contributed by atoms with Crippen molar-refractivity contribution in [1.82, 2.24) is 14.9 Å². The lowest BCUT2D eigenvalue weighted by Crippen LogP contribution is -2.30. The van der Waals surface area contributed by atoms with E-state index in [2.05, 4.69) is 14.9 Å². The maximum absolute atomic E-state index is 12.1. The molecule has 6 heteroatoms. The minimum absolute atomic E-state index is 0.232. The lowest BCUT2D eigenvalue weighted by molar-refractivity contribution is -0.127. The number of hydrogen-bond donors (Lipinski definition) is 0. The van der Waals surface area contributed by atoms with Gasteiger partial charge in [0.1, 0.15) is 17.2 Å². The number of amides is 1. The third-order valence-corrected chi connectivity index (χ3v) is 5.02. The molecule has 3 rings (SSSR count). The molecule has 114 valence electrons. The maximum atomic E-state index is 12.1. The first-order valence-corrected chi connectivity index (χ1v) is 8.79. The van der Waals surface area contributed by atoms with Crippen LogP contribution in [0.3, 0.4) is 0 Å². The minimum atomic E-state index is 0.232. The second-order valence-corrected chi connectivity index (χ2v) is 6.63. The van der Waals surface area contributed by atoms with E-state index in [1.54, 1.807) is 6.33 Å². The molecule has 2 aliphatic heterocycles. The molecule has 21 heavy (non-hydrogen) atoms. The van der Waals surface area contributed by atoms with E-state index >= 15 is 0 Å². The van der Waals surface area contributed by atoms with Crippen LogP contribution in [0.25, 0.3) is 0 Å². The molecule has 0 aromatic carbocycles. The van der Waals surface area contributed by atoms with E-state index in [0.717, 1.165) is 49.9 Å². The van der Waals surface area contributed by atoms with E-state index < -0.39 is 0 Å².